The highest BCUT2D eigenvalue weighted by atomic mass is 32.1. The minimum atomic E-state index is -0.631. The molecule has 0 fully saturated rings. The van der Waals surface area contributed by atoms with Gasteiger partial charge in [-0.2, -0.15) is 0 Å². The summed E-state index contributed by atoms with van der Waals surface area (Å²) < 4.78 is 0. The van der Waals surface area contributed by atoms with Gasteiger partial charge < -0.3 is 15.5 Å². The predicted molar refractivity (Wildman–Crippen MR) is 120 cm³/mol. The first-order chi connectivity index (χ1) is 14.6. The lowest BCUT2D eigenvalue weighted by molar-refractivity contribution is -0.945. The number of hydrogen-bond acceptors (Lipinski definition) is 3. The second kappa shape index (κ2) is 9.24. The Kier molecular flexibility index (Phi) is 6.26. The van der Waals surface area contributed by atoms with E-state index in [1.807, 2.05) is 31.2 Å². The Labute approximate surface area is 180 Å². The Morgan fingerprint density at radius 1 is 1.00 bits per heavy atom. The molecule has 3 N–H and O–H groups in total. The molecule has 154 valence electrons. The normalized spacial score (nSPS) is 16.4. The molecule has 1 aliphatic rings. The first kappa shape index (κ1) is 20.3. The van der Waals surface area contributed by atoms with Gasteiger partial charge >= 0.3 is 11.8 Å². The molecule has 0 bridgehead atoms. The summed E-state index contributed by atoms with van der Waals surface area (Å²) in [5.74, 6) is -1.23. The minimum absolute atomic E-state index is 0.119. The summed E-state index contributed by atoms with van der Waals surface area (Å²) in [5, 5.41) is 7.63. The van der Waals surface area contributed by atoms with Gasteiger partial charge in [0.1, 0.15) is 12.6 Å². The SMILES string of the molecule is Cc1ccccc1NC(=O)C(=O)NC[C@H](c1cccs1)[NH+]1CCc2ccccc2C1. The van der Waals surface area contributed by atoms with Crippen molar-refractivity contribution in [2.75, 3.05) is 18.4 Å². The van der Waals surface area contributed by atoms with Gasteiger partial charge in [-0.05, 0) is 35.6 Å². The van der Waals surface area contributed by atoms with Crippen LogP contribution in [0.3, 0.4) is 0 Å². The number of carbonyl (C=O) groups excluding carboxylic acids is 2. The summed E-state index contributed by atoms with van der Waals surface area (Å²) in [6, 6.07) is 20.3. The molecular formula is C24H26N3O2S+. The smallest absolute Gasteiger partial charge is 0.313 e. The van der Waals surface area contributed by atoms with Crippen molar-refractivity contribution >= 4 is 28.8 Å². The fourth-order valence-corrected chi connectivity index (χ4v) is 4.89. The monoisotopic (exact) mass is 420 g/mol. The molecule has 0 spiro atoms. The van der Waals surface area contributed by atoms with Crippen molar-refractivity contribution in [2.45, 2.75) is 25.9 Å². The van der Waals surface area contributed by atoms with Gasteiger partial charge in [-0.15, -0.1) is 11.3 Å². The molecular weight excluding hydrogens is 394 g/mol. The number of aryl methyl sites for hydroxylation is 1. The second-order valence-electron chi connectivity index (χ2n) is 7.65. The Hall–Kier alpha value is -2.96. The number of amides is 2. The molecule has 0 radical (unpaired) electrons. The summed E-state index contributed by atoms with van der Waals surface area (Å²) in [4.78, 5) is 27.5. The average molecular weight is 421 g/mol. The van der Waals surface area contributed by atoms with Gasteiger partial charge in [0.2, 0.25) is 0 Å². The van der Waals surface area contributed by atoms with Crippen LogP contribution in [0.2, 0.25) is 0 Å². The number of thiophene rings is 1. The Bertz CT molecular complexity index is 1030. The van der Waals surface area contributed by atoms with E-state index in [-0.39, 0.29) is 6.04 Å². The number of hydrogen-bond donors (Lipinski definition) is 3. The molecule has 2 amide bonds. The molecule has 0 saturated heterocycles. The average Bonchev–Trinajstić information content (AvgIpc) is 3.30. The molecule has 2 atom stereocenters. The molecule has 30 heavy (non-hydrogen) atoms. The van der Waals surface area contributed by atoms with E-state index in [2.05, 4.69) is 46.3 Å². The van der Waals surface area contributed by atoms with Crippen LogP contribution in [0, 0.1) is 6.92 Å². The lowest BCUT2D eigenvalue weighted by Gasteiger charge is -2.32. The van der Waals surface area contributed by atoms with E-state index in [1.165, 1.54) is 20.9 Å². The zero-order valence-electron chi connectivity index (χ0n) is 17.0. The third-order valence-electron chi connectivity index (χ3n) is 5.70. The molecule has 3 aromatic rings. The Balaban J connectivity index is 1.43. The van der Waals surface area contributed by atoms with Crippen molar-refractivity contribution in [3.63, 3.8) is 0 Å². The summed E-state index contributed by atoms with van der Waals surface area (Å²) in [6.45, 7) is 4.25. The van der Waals surface area contributed by atoms with Crippen molar-refractivity contribution in [1.82, 2.24) is 5.32 Å². The van der Waals surface area contributed by atoms with Crippen LogP contribution in [0.1, 0.15) is 27.6 Å². The molecule has 6 heteroatoms. The summed E-state index contributed by atoms with van der Waals surface area (Å²) in [7, 11) is 0. The number of benzene rings is 2. The molecule has 5 nitrogen and oxygen atoms in total. The van der Waals surface area contributed by atoms with E-state index in [0.717, 1.165) is 25.1 Å². The van der Waals surface area contributed by atoms with E-state index < -0.39 is 11.8 Å². The number of carbonyl (C=O) groups is 2. The zero-order chi connectivity index (χ0) is 20.9. The van der Waals surface area contributed by atoms with E-state index in [9.17, 15) is 9.59 Å². The number of rotatable bonds is 5. The van der Waals surface area contributed by atoms with Crippen molar-refractivity contribution in [2.24, 2.45) is 0 Å². The second-order valence-corrected chi connectivity index (χ2v) is 8.63. The highest BCUT2D eigenvalue weighted by Gasteiger charge is 2.30. The van der Waals surface area contributed by atoms with Crippen molar-refractivity contribution in [3.05, 3.63) is 87.6 Å². The maximum atomic E-state index is 12.5. The van der Waals surface area contributed by atoms with Crippen LogP contribution in [0.5, 0.6) is 0 Å². The summed E-state index contributed by atoms with van der Waals surface area (Å²) in [5.41, 5.74) is 4.36. The van der Waals surface area contributed by atoms with Crippen LogP contribution in [-0.4, -0.2) is 24.9 Å². The number of fused-ring (bicyclic) bond motifs is 1. The van der Waals surface area contributed by atoms with Crippen LogP contribution in [0.4, 0.5) is 5.69 Å². The van der Waals surface area contributed by atoms with Gasteiger partial charge in [-0.3, -0.25) is 9.59 Å². The van der Waals surface area contributed by atoms with Crippen molar-refractivity contribution < 1.29 is 14.5 Å². The lowest BCUT2D eigenvalue weighted by atomic mass is 9.98. The standard InChI is InChI=1S/C24H25N3O2S/c1-17-7-2-5-10-20(17)26-24(29)23(28)25-15-21(22-11-6-14-30-22)27-13-12-18-8-3-4-9-19(18)16-27/h2-11,14,21H,12-13,15-16H2,1H3,(H,25,28)(H,26,29)/p+1/t21-/m1/s1. The Morgan fingerprint density at radius 3 is 2.53 bits per heavy atom. The van der Waals surface area contributed by atoms with E-state index >= 15 is 0 Å². The fourth-order valence-electron chi connectivity index (χ4n) is 4.00. The van der Waals surface area contributed by atoms with Crippen LogP contribution in [0.25, 0.3) is 0 Å². The molecule has 1 aromatic heterocycles. The molecule has 1 unspecified atom stereocenters. The molecule has 4 rings (SSSR count). The largest absolute Gasteiger partial charge is 0.341 e. The van der Waals surface area contributed by atoms with Crippen LogP contribution >= 0.6 is 11.3 Å². The quantitative estimate of drug-likeness (QED) is 0.556. The lowest BCUT2D eigenvalue weighted by Crippen LogP contribution is -3.12. The maximum Gasteiger partial charge on any atom is 0.313 e. The van der Waals surface area contributed by atoms with Crippen LogP contribution in [-0.2, 0) is 22.6 Å². The first-order valence-electron chi connectivity index (χ1n) is 10.2. The molecule has 2 aromatic carbocycles. The summed E-state index contributed by atoms with van der Waals surface area (Å²) >= 11 is 1.70. The van der Waals surface area contributed by atoms with Gasteiger partial charge in [-0.25, -0.2) is 0 Å². The number of quaternary nitrogens is 1. The first-order valence-corrected chi connectivity index (χ1v) is 11.1. The summed E-state index contributed by atoms with van der Waals surface area (Å²) in [6.07, 6.45) is 1.02. The highest BCUT2D eigenvalue weighted by molar-refractivity contribution is 7.10. The topological polar surface area (TPSA) is 62.6 Å². The van der Waals surface area contributed by atoms with Crippen LogP contribution in [0.15, 0.2) is 66.0 Å². The van der Waals surface area contributed by atoms with Crippen molar-refractivity contribution in [3.8, 4) is 0 Å². The van der Waals surface area contributed by atoms with E-state index in [4.69, 9.17) is 0 Å². The van der Waals surface area contributed by atoms with Gasteiger partial charge in [0, 0.05) is 17.7 Å². The molecule has 0 aliphatic carbocycles. The molecule has 0 saturated carbocycles. The number of para-hydroxylation sites is 1. The molecule has 2 heterocycles. The number of nitrogens with one attached hydrogen (secondary N) is 3. The molecule has 1 aliphatic heterocycles. The van der Waals surface area contributed by atoms with Crippen molar-refractivity contribution in [1.29, 1.82) is 0 Å². The van der Waals surface area contributed by atoms with Gasteiger partial charge in [0.05, 0.1) is 18.0 Å². The highest BCUT2D eigenvalue weighted by Crippen LogP contribution is 2.19. The number of anilines is 1. The third kappa shape index (κ3) is 4.61. The predicted octanol–water partition coefficient (Wildman–Crippen LogP) is 2.49. The zero-order valence-corrected chi connectivity index (χ0v) is 17.8. The van der Waals surface area contributed by atoms with Crippen LogP contribution < -0.4 is 15.5 Å². The van der Waals surface area contributed by atoms with Gasteiger partial charge in [0.15, 0.2) is 0 Å². The van der Waals surface area contributed by atoms with Gasteiger partial charge in [0.25, 0.3) is 0 Å². The van der Waals surface area contributed by atoms with E-state index in [0.29, 0.717) is 12.2 Å². The van der Waals surface area contributed by atoms with E-state index in [1.54, 1.807) is 17.4 Å². The minimum Gasteiger partial charge on any atom is -0.341 e. The Morgan fingerprint density at radius 2 is 1.77 bits per heavy atom. The third-order valence-corrected chi connectivity index (χ3v) is 6.68. The maximum absolute atomic E-state index is 12.5. The fraction of sp³-hybridized carbons (Fsp3) is 0.250. The van der Waals surface area contributed by atoms with Gasteiger partial charge in [-0.1, -0.05) is 48.5 Å².